The number of rotatable bonds is 6. The molecule has 0 bridgehead atoms. The van der Waals surface area contributed by atoms with Gasteiger partial charge in [-0.1, -0.05) is 19.1 Å². The minimum Gasteiger partial charge on any atom is -0.374 e. The molecule has 0 spiro atoms. The van der Waals surface area contributed by atoms with Gasteiger partial charge in [0.2, 0.25) is 5.91 Å². The van der Waals surface area contributed by atoms with Crippen LogP contribution in [-0.4, -0.2) is 17.7 Å². The van der Waals surface area contributed by atoms with Crippen LogP contribution in [0, 0.1) is 0 Å². The fourth-order valence-electron chi connectivity index (χ4n) is 2.24. The Morgan fingerprint density at radius 2 is 1.74 bits per heavy atom. The molecule has 0 aliphatic carbocycles. The van der Waals surface area contributed by atoms with Crippen molar-refractivity contribution in [1.82, 2.24) is 0 Å². The second-order valence-electron chi connectivity index (χ2n) is 5.54. The van der Waals surface area contributed by atoms with E-state index < -0.39 is 0 Å². The van der Waals surface area contributed by atoms with Gasteiger partial charge >= 0.3 is 0 Å². The molecule has 2 N–H and O–H groups in total. The van der Waals surface area contributed by atoms with E-state index in [2.05, 4.69) is 23.6 Å². The first-order valence-corrected chi connectivity index (χ1v) is 7.77. The fourth-order valence-corrected chi connectivity index (χ4v) is 2.24. The van der Waals surface area contributed by atoms with Gasteiger partial charge in [0, 0.05) is 16.9 Å². The summed E-state index contributed by atoms with van der Waals surface area (Å²) >= 11 is 0. The van der Waals surface area contributed by atoms with Gasteiger partial charge in [-0.3, -0.25) is 9.59 Å². The minimum absolute atomic E-state index is 0.00807. The summed E-state index contributed by atoms with van der Waals surface area (Å²) in [6.07, 6.45) is 0.957. The van der Waals surface area contributed by atoms with Crippen LogP contribution in [0.25, 0.3) is 0 Å². The number of carbonyl (C=O) groups excluding carboxylic acids is 2. The molecule has 2 aromatic rings. The van der Waals surface area contributed by atoms with Gasteiger partial charge in [-0.2, -0.15) is 0 Å². The van der Waals surface area contributed by atoms with Gasteiger partial charge in [-0.15, -0.1) is 0 Å². The van der Waals surface area contributed by atoms with E-state index in [-0.39, 0.29) is 17.7 Å². The van der Waals surface area contributed by atoms with E-state index in [9.17, 15) is 9.59 Å². The molecule has 4 nitrogen and oxygen atoms in total. The van der Waals surface area contributed by atoms with Gasteiger partial charge in [0.05, 0.1) is 0 Å². The highest BCUT2D eigenvalue weighted by Crippen LogP contribution is 2.14. The molecule has 0 fully saturated rings. The summed E-state index contributed by atoms with van der Waals surface area (Å²) in [5, 5.41) is 6.04. The minimum atomic E-state index is -0.366. The molecule has 0 heterocycles. The molecular weight excluding hydrogens is 288 g/mol. The number of amides is 1. The lowest BCUT2D eigenvalue weighted by Crippen LogP contribution is -2.31. The number of Topliss-reactive ketones (excluding diaryl/α,β-unsaturated/α-hetero) is 1. The summed E-state index contributed by atoms with van der Waals surface area (Å²) < 4.78 is 0. The molecule has 120 valence electrons. The zero-order chi connectivity index (χ0) is 16.8. The Morgan fingerprint density at radius 3 is 2.35 bits per heavy atom. The third-order valence-corrected chi connectivity index (χ3v) is 3.67. The smallest absolute Gasteiger partial charge is 0.246 e. The third kappa shape index (κ3) is 4.68. The molecule has 23 heavy (non-hydrogen) atoms. The number of carbonyl (C=O) groups is 2. The van der Waals surface area contributed by atoms with Gasteiger partial charge in [0.1, 0.15) is 6.04 Å². The second kappa shape index (κ2) is 7.58. The first kappa shape index (κ1) is 16.7. The summed E-state index contributed by atoms with van der Waals surface area (Å²) in [5.74, 6) is -0.115. The topological polar surface area (TPSA) is 58.2 Å². The monoisotopic (exact) mass is 310 g/mol. The lowest BCUT2D eigenvalue weighted by atomic mass is 10.1. The van der Waals surface area contributed by atoms with Crippen LogP contribution >= 0.6 is 0 Å². The number of hydrogen-bond donors (Lipinski definition) is 2. The molecule has 0 saturated heterocycles. The third-order valence-electron chi connectivity index (χ3n) is 3.67. The molecular formula is C19H22N2O2. The normalized spacial score (nSPS) is 11.6. The number of aryl methyl sites for hydroxylation is 1. The Labute approximate surface area is 136 Å². The summed E-state index contributed by atoms with van der Waals surface area (Å²) in [7, 11) is 0. The average molecular weight is 310 g/mol. The fraction of sp³-hybridized carbons (Fsp3) is 0.263. The summed E-state index contributed by atoms with van der Waals surface area (Å²) in [5.41, 5.74) is 3.46. The van der Waals surface area contributed by atoms with Crippen molar-refractivity contribution in [3.05, 3.63) is 59.7 Å². The number of anilines is 2. The maximum Gasteiger partial charge on any atom is 0.246 e. The summed E-state index contributed by atoms with van der Waals surface area (Å²) in [6, 6.07) is 14.6. The van der Waals surface area contributed by atoms with E-state index in [1.807, 2.05) is 25.1 Å². The molecule has 0 aliphatic heterocycles. The van der Waals surface area contributed by atoms with E-state index >= 15 is 0 Å². The van der Waals surface area contributed by atoms with Crippen LogP contribution in [0.1, 0.15) is 36.7 Å². The molecule has 0 radical (unpaired) electrons. The van der Waals surface area contributed by atoms with Crippen LogP contribution in [0.15, 0.2) is 48.5 Å². The number of hydrogen-bond acceptors (Lipinski definition) is 3. The van der Waals surface area contributed by atoms with Crippen molar-refractivity contribution in [2.24, 2.45) is 0 Å². The predicted octanol–water partition coefficient (Wildman–Crippen LogP) is 3.89. The Kier molecular flexibility index (Phi) is 5.52. The Hall–Kier alpha value is -2.62. The lowest BCUT2D eigenvalue weighted by molar-refractivity contribution is -0.116. The van der Waals surface area contributed by atoms with Gasteiger partial charge in [0.25, 0.3) is 0 Å². The Bertz CT molecular complexity index is 693. The van der Waals surface area contributed by atoms with Crippen LogP contribution in [0.2, 0.25) is 0 Å². The molecule has 0 unspecified atom stereocenters. The van der Waals surface area contributed by atoms with Gasteiger partial charge in [-0.25, -0.2) is 0 Å². The maximum atomic E-state index is 12.2. The van der Waals surface area contributed by atoms with Crippen LogP contribution in [-0.2, 0) is 11.2 Å². The van der Waals surface area contributed by atoms with Crippen molar-refractivity contribution in [3.8, 4) is 0 Å². The summed E-state index contributed by atoms with van der Waals surface area (Å²) in [6.45, 7) is 5.43. The average Bonchev–Trinajstić information content (AvgIpc) is 2.55. The molecule has 1 amide bonds. The number of benzene rings is 2. The molecule has 0 aromatic heterocycles. The van der Waals surface area contributed by atoms with Crippen LogP contribution in [0.5, 0.6) is 0 Å². The van der Waals surface area contributed by atoms with Gasteiger partial charge in [0.15, 0.2) is 5.78 Å². The highest BCUT2D eigenvalue weighted by molar-refractivity contribution is 5.97. The molecule has 0 saturated carbocycles. The van der Waals surface area contributed by atoms with Crippen LogP contribution in [0.3, 0.4) is 0 Å². The zero-order valence-electron chi connectivity index (χ0n) is 13.7. The predicted molar refractivity (Wildman–Crippen MR) is 94.0 cm³/mol. The van der Waals surface area contributed by atoms with E-state index in [1.165, 1.54) is 12.5 Å². The maximum absolute atomic E-state index is 12.2. The molecule has 0 aliphatic rings. The van der Waals surface area contributed by atoms with E-state index in [0.717, 1.165) is 12.1 Å². The standard InChI is InChI=1S/C19H22N2O2/c1-4-15-6-5-7-18(12-15)20-13(2)19(23)21-17-10-8-16(9-11-17)14(3)22/h5-13,20H,4H2,1-3H3,(H,21,23)/t13-/m1/s1. The first-order chi connectivity index (χ1) is 11.0. The number of nitrogens with one attached hydrogen (secondary N) is 2. The SMILES string of the molecule is CCc1cccc(N[C@H](C)C(=O)Nc2ccc(C(C)=O)cc2)c1. The van der Waals surface area contributed by atoms with Crippen LogP contribution in [0.4, 0.5) is 11.4 Å². The second-order valence-corrected chi connectivity index (χ2v) is 5.54. The largest absolute Gasteiger partial charge is 0.374 e. The Balaban J connectivity index is 1.97. The first-order valence-electron chi connectivity index (χ1n) is 7.77. The van der Waals surface area contributed by atoms with Crippen molar-refractivity contribution >= 4 is 23.1 Å². The number of ketones is 1. The molecule has 2 aromatic carbocycles. The Morgan fingerprint density at radius 1 is 1.04 bits per heavy atom. The highest BCUT2D eigenvalue weighted by atomic mass is 16.2. The van der Waals surface area contributed by atoms with Crippen molar-refractivity contribution in [1.29, 1.82) is 0 Å². The van der Waals surface area contributed by atoms with Crippen molar-refractivity contribution in [2.45, 2.75) is 33.2 Å². The molecule has 4 heteroatoms. The summed E-state index contributed by atoms with van der Waals surface area (Å²) in [4.78, 5) is 23.5. The molecule has 1 atom stereocenters. The van der Waals surface area contributed by atoms with E-state index in [4.69, 9.17) is 0 Å². The van der Waals surface area contributed by atoms with E-state index in [1.54, 1.807) is 24.3 Å². The van der Waals surface area contributed by atoms with Crippen molar-refractivity contribution in [2.75, 3.05) is 10.6 Å². The van der Waals surface area contributed by atoms with Crippen molar-refractivity contribution < 1.29 is 9.59 Å². The highest BCUT2D eigenvalue weighted by Gasteiger charge is 2.13. The van der Waals surface area contributed by atoms with Crippen molar-refractivity contribution in [3.63, 3.8) is 0 Å². The quantitative estimate of drug-likeness (QED) is 0.796. The lowest BCUT2D eigenvalue weighted by Gasteiger charge is -2.16. The zero-order valence-corrected chi connectivity index (χ0v) is 13.7. The van der Waals surface area contributed by atoms with Gasteiger partial charge in [-0.05, 0) is 62.2 Å². The van der Waals surface area contributed by atoms with Crippen LogP contribution < -0.4 is 10.6 Å². The van der Waals surface area contributed by atoms with Gasteiger partial charge < -0.3 is 10.6 Å². The molecule has 2 rings (SSSR count). The van der Waals surface area contributed by atoms with E-state index in [0.29, 0.717) is 11.3 Å².